The molecule has 0 bridgehead atoms. The van der Waals surface area contributed by atoms with E-state index in [1.54, 1.807) is 19.1 Å². The SMILES string of the molecule is Cc1nnn(-c2ccc(C(F)F)cn2)c1COc1ccc(-n2cc(F)cn2)nn1. The number of ether oxygens (including phenoxy) is 1. The molecular formula is C17H13F3N8O. The van der Waals surface area contributed by atoms with E-state index in [0.717, 1.165) is 12.4 Å². The van der Waals surface area contributed by atoms with Gasteiger partial charge in [-0.15, -0.1) is 15.3 Å². The Morgan fingerprint density at radius 3 is 2.48 bits per heavy atom. The second-order valence-corrected chi connectivity index (χ2v) is 5.91. The van der Waals surface area contributed by atoms with Gasteiger partial charge >= 0.3 is 0 Å². The molecule has 0 unspecified atom stereocenters. The van der Waals surface area contributed by atoms with Gasteiger partial charge in [-0.25, -0.2) is 22.8 Å². The van der Waals surface area contributed by atoms with E-state index >= 15 is 0 Å². The quantitative estimate of drug-likeness (QED) is 0.489. The standard InChI is InChI=1S/C17H13F3N8O/c1-10-13(28(26-23-10)14-3-2-11(6-21-14)17(19)20)9-29-16-5-4-15(24-25-16)27-8-12(18)7-22-27/h2-8,17H,9H2,1H3. The molecule has 0 atom stereocenters. The zero-order chi connectivity index (χ0) is 20.4. The molecule has 4 rings (SSSR count). The van der Waals surface area contributed by atoms with Crippen molar-refractivity contribution >= 4 is 0 Å². The Balaban J connectivity index is 1.49. The molecule has 0 amide bonds. The van der Waals surface area contributed by atoms with Crippen molar-refractivity contribution in [2.24, 2.45) is 0 Å². The minimum Gasteiger partial charge on any atom is -0.470 e. The lowest BCUT2D eigenvalue weighted by Crippen LogP contribution is -2.09. The lowest BCUT2D eigenvalue weighted by molar-refractivity contribution is 0.151. The first-order chi connectivity index (χ1) is 14.0. The smallest absolute Gasteiger partial charge is 0.265 e. The maximum Gasteiger partial charge on any atom is 0.265 e. The largest absolute Gasteiger partial charge is 0.470 e. The van der Waals surface area contributed by atoms with Gasteiger partial charge in [-0.1, -0.05) is 5.21 Å². The second-order valence-electron chi connectivity index (χ2n) is 5.91. The van der Waals surface area contributed by atoms with Gasteiger partial charge in [0.25, 0.3) is 6.43 Å². The Hall–Kier alpha value is -3.83. The van der Waals surface area contributed by atoms with Crippen LogP contribution < -0.4 is 4.74 Å². The number of hydrogen-bond acceptors (Lipinski definition) is 7. The number of hydrogen-bond donors (Lipinski definition) is 0. The Bertz CT molecular complexity index is 1110. The van der Waals surface area contributed by atoms with Gasteiger partial charge in [0.05, 0.1) is 18.1 Å². The molecule has 12 heteroatoms. The van der Waals surface area contributed by atoms with Gasteiger partial charge in [0.15, 0.2) is 17.5 Å². The van der Waals surface area contributed by atoms with Gasteiger partial charge < -0.3 is 4.74 Å². The molecule has 0 aliphatic carbocycles. The summed E-state index contributed by atoms with van der Waals surface area (Å²) in [5.74, 6) is 0.385. The lowest BCUT2D eigenvalue weighted by atomic mass is 10.3. The van der Waals surface area contributed by atoms with Crippen LogP contribution in [0.3, 0.4) is 0 Å². The van der Waals surface area contributed by atoms with Crippen molar-refractivity contribution in [2.75, 3.05) is 0 Å². The van der Waals surface area contributed by atoms with Crippen LogP contribution in [0, 0.1) is 12.7 Å². The van der Waals surface area contributed by atoms with Crippen LogP contribution >= 0.6 is 0 Å². The predicted molar refractivity (Wildman–Crippen MR) is 92.3 cm³/mol. The van der Waals surface area contributed by atoms with E-state index in [4.69, 9.17) is 4.74 Å². The third-order valence-electron chi connectivity index (χ3n) is 3.97. The minimum absolute atomic E-state index is 0.0432. The van der Waals surface area contributed by atoms with E-state index in [2.05, 4.69) is 30.6 Å². The molecule has 0 saturated carbocycles. The zero-order valence-corrected chi connectivity index (χ0v) is 14.9. The summed E-state index contributed by atoms with van der Waals surface area (Å²) in [5.41, 5.74) is 0.972. The molecule has 0 radical (unpaired) electrons. The summed E-state index contributed by atoms with van der Waals surface area (Å²) in [6.45, 7) is 1.78. The van der Waals surface area contributed by atoms with E-state index in [-0.39, 0.29) is 18.1 Å². The van der Waals surface area contributed by atoms with E-state index in [9.17, 15) is 13.2 Å². The Kier molecular flexibility index (Phi) is 4.89. The second kappa shape index (κ2) is 7.66. The van der Waals surface area contributed by atoms with Crippen LogP contribution in [0.2, 0.25) is 0 Å². The van der Waals surface area contributed by atoms with Gasteiger partial charge in [-0.3, -0.25) is 0 Å². The minimum atomic E-state index is -2.60. The first kappa shape index (κ1) is 18.5. The normalized spacial score (nSPS) is 11.2. The number of aryl methyl sites for hydroxylation is 1. The number of nitrogens with zero attached hydrogens (tertiary/aromatic N) is 8. The highest BCUT2D eigenvalue weighted by Crippen LogP contribution is 2.19. The fraction of sp³-hybridized carbons (Fsp3) is 0.176. The van der Waals surface area contributed by atoms with Crippen molar-refractivity contribution in [3.63, 3.8) is 0 Å². The summed E-state index contributed by atoms with van der Waals surface area (Å²) in [6.07, 6.45) is 0.718. The summed E-state index contributed by atoms with van der Waals surface area (Å²) < 4.78 is 46.7. The highest BCUT2D eigenvalue weighted by atomic mass is 19.3. The van der Waals surface area contributed by atoms with Gasteiger partial charge in [-0.05, 0) is 25.1 Å². The molecule has 0 aliphatic heterocycles. The number of rotatable bonds is 6. The summed E-state index contributed by atoms with van der Waals surface area (Å²) in [5, 5.41) is 19.6. The summed E-state index contributed by atoms with van der Waals surface area (Å²) in [6, 6.07) is 5.83. The third kappa shape index (κ3) is 3.90. The van der Waals surface area contributed by atoms with Crippen molar-refractivity contribution in [1.29, 1.82) is 0 Å². The van der Waals surface area contributed by atoms with Crippen molar-refractivity contribution in [2.45, 2.75) is 20.0 Å². The van der Waals surface area contributed by atoms with Crippen molar-refractivity contribution < 1.29 is 17.9 Å². The summed E-state index contributed by atoms with van der Waals surface area (Å²) in [7, 11) is 0. The molecular weight excluding hydrogens is 389 g/mol. The van der Waals surface area contributed by atoms with Crippen molar-refractivity contribution in [3.8, 4) is 17.5 Å². The molecule has 4 aromatic rings. The average Bonchev–Trinajstić information content (AvgIpc) is 3.32. The van der Waals surface area contributed by atoms with E-state index < -0.39 is 12.2 Å². The van der Waals surface area contributed by atoms with Crippen LogP contribution in [-0.4, -0.2) is 40.0 Å². The first-order valence-electron chi connectivity index (χ1n) is 8.34. The van der Waals surface area contributed by atoms with Crippen LogP contribution in [0.1, 0.15) is 23.4 Å². The third-order valence-corrected chi connectivity index (χ3v) is 3.97. The van der Waals surface area contributed by atoms with Gasteiger partial charge in [0.2, 0.25) is 5.88 Å². The first-order valence-corrected chi connectivity index (χ1v) is 8.34. The topological polar surface area (TPSA) is 96.4 Å². The molecule has 4 heterocycles. The fourth-order valence-corrected chi connectivity index (χ4v) is 2.46. The van der Waals surface area contributed by atoms with Crippen molar-refractivity contribution in [1.82, 2.24) is 40.0 Å². The molecule has 0 spiro atoms. The van der Waals surface area contributed by atoms with Crippen LogP contribution in [0.15, 0.2) is 42.9 Å². The van der Waals surface area contributed by atoms with Crippen LogP contribution in [0.25, 0.3) is 11.6 Å². The summed E-state index contributed by atoms with van der Waals surface area (Å²) in [4.78, 5) is 4.00. The van der Waals surface area contributed by atoms with Gasteiger partial charge in [0.1, 0.15) is 12.3 Å². The summed E-state index contributed by atoms with van der Waals surface area (Å²) >= 11 is 0. The van der Waals surface area contributed by atoms with Gasteiger partial charge in [0, 0.05) is 17.8 Å². The fourth-order valence-electron chi connectivity index (χ4n) is 2.46. The average molecular weight is 402 g/mol. The number of halogens is 3. The Morgan fingerprint density at radius 2 is 1.86 bits per heavy atom. The zero-order valence-electron chi connectivity index (χ0n) is 14.9. The van der Waals surface area contributed by atoms with Crippen LogP contribution in [0.4, 0.5) is 13.2 Å². The molecule has 148 valence electrons. The van der Waals surface area contributed by atoms with E-state index in [1.807, 2.05) is 0 Å². The Labute approximate surface area is 161 Å². The predicted octanol–water partition coefficient (Wildman–Crippen LogP) is 2.60. The molecule has 0 fully saturated rings. The molecule has 0 N–H and O–H groups in total. The number of aromatic nitrogens is 8. The van der Waals surface area contributed by atoms with Crippen LogP contribution in [0.5, 0.6) is 5.88 Å². The monoisotopic (exact) mass is 402 g/mol. The highest BCUT2D eigenvalue weighted by Gasteiger charge is 2.15. The Morgan fingerprint density at radius 1 is 1.03 bits per heavy atom. The molecule has 4 aromatic heterocycles. The number of pyridine rings is 1. The lowest BCUT2D eigenvalue weighted by Gasteiger charge is -2.09. The van der Waals surface area contributed by atoms with Gasteiger partial charge in [-0.2, -0.15) is 9.78 Å². The van der Waals surface area contributed by atoms with Crippen LogP contribution in [-0.2, 0) is 6.61 Å². The molecule has 0 aliphatic rings. The maximum atomic E-state index is 13.0. The molecule has 0 aromatic carbocycles. The van der Waals surface area contributed by atoms with Crippen molar-refractivity contribution in [3.05, 3.63) is 65.6 Å². The van der Waals surface area contributed by atoms with E-state index in [0.29, 0.717) is 23.0 Å². The van der Waals surface area contributed by atoms with E-state index in [1.165, 1.54) is 27.7 Å². The molecule has 9 nitrogen and oxygen atoms in total. The number of alkyl halides is 2. The highest BCUT2D eigenvalue weighted by molar-refractivity contribution is 5.28. The molecule has 0 saturated heterocycles. The molecule has 29 heavy (non-hydrogen) atoms. The maximum absolute atomic E-state index is 13.0.